The fourth-order valence-corrected chi connectivity index (χ4v) is 3.97. The first kappa shape index (κ1) is 23.2. The van der Waals surface area contributed by atoms with Crippen LogP contribution in [0.4, 0.5) is 0 Å². The first-order valence-corrected chi connectivity index (χ1v) is 11.3. The molecule has 2 aromatic carbocycles. The second kappa shape index (κ2) is 9.91. The number of pyridine rings is 1. The number of benzene rings is 2. The van der Waals surface area contributed by atoms with E-state index >= 15 is 0 Å². The SMILES string of the molecule is Cc1nc2c(OCc3ccccc3)c(CCC(=O)c3ccccc3)c(C(=O)N(C)C)cn2c1C. The molecule has 0 atom stereocenters. The van der Waals surface area contributed by atoms with E-state index < -0.39 is 0 Å². The van der Waals surface area contributed by atoms with Gasteiger partial charge in [0.05, 0.1) is 11.3 Å². The van der Waals surface area contributed by atoms with E-state index in [-0.39, 0.29) is 18.1 Å². The maximum atomic E-state index is 13.2. The number of rotatable bonds is 8. The van der Waals surface area contributed by atoms with Gasteiger partial charge < -0.3 is 14.0 Å². The molecule has 2 aromatic heterocycles. The summed E-state index contributed by atoms with van der Waals surface area (Å²) in [6.07, 6.45) is 2.45. The number of fused-ring (bicyclic) bond motifs is 1. The van der Waals surface area contributed by atoms with Crippen LogP contribution in [0.3, 0.4) is 0 Å². The van der Waals surface area contributed by atoms with Crippen molar-refractivity contribution in [3.8, 4) is 5.75 Å². The van der Waals surface area contributed by atoms with Gasteiger partial charge in [-0.3, -0.25) is 9.59 Å². The summed E-state index contributed by atoms with van der Waals surface area (Å²) < 4.78 is 8.26. The van der Waals surface area contributed by atoms with Crippen molar-refractivity contribution in [1.29, 1.82) is 0 Å². The van der Waals surface area contributed by atoms with Crippen LogP contribution < -0.4 is 4.74 Å². The highest BCUT2D eigenvalue weighted by Gasteiger charge is 2.24. The van der Waals surface area contributed by atoms with Gasteiger partial charge >= 0.3 is 0 Å². The number of carbonyl (C=O) groups excluding carboxylic acids is 2. The van der Waals surface area contributed by atoms with Crippen molar-refractivity contribution in [1.82, 2.24) is 14.3 Å². The Morgan fingerprint density at radius 2 is 1.62 bits per heavy atom. The molecule has 1 amide bonds. The minimum atomic E-state index is -0.139. The lowest BCUT2D eigenvalue weighted by molar-refractivity contribution is 0.0824. The summed E-state index contributed by atoms with van der Waals surface area (Å²) >= 11 is 0. The number of imidazole rings is 1. The van der Waals surface area contributed by atoms with Crippen LogP contribution in [0.5, 0.6) is 5.75 Å². The molecule has 0 aliphatic rings. The van der Waals surface area contributed by atoms with Gasteiger partial charge in [0, 0.05) is 43.5 Å². The lowest BCUT2D eigenvalue weighted by Crippen LogP contribution is -2.24. The first-order chi connectivity index (χ1) is 16.4. The van der Waals surface area contributed by atoms with Crippen LogP contribution in [-0.2, 0) is 13.0 Å². The molecule has 2 heterocycles. The highest BCUT2D eigenvalue weighted by Crippen LogP contribution is 2.32. The number of ketones is 1. The molecular weight excluding hydrogens is 426 g/mol. The number of nitrogens with zero attached hydrogens (tertiary/aromatic N) is 3. The Morgan fingerprint density at radius 3 is 2.26 bits per heavy atom. The third-order valence-corrected chi connectivity index (χ3v) is 6.01. The number of amides is 1. The Hall–Kier alpha value is -3.93. The third-order valence-electron chi connectivity index (χ3n) is 6.01. The quantitative estimate of drug-likeness (QED) is 0.349. The van der Waals surface area contributed by atoms with E-state index in [0.29, 0.717) is 41.1 Å². The van der Waals surface area contributed by atoms with Crippen molar-refractivity contribution in [3.05, 3.63) is 101 Å². The van der Waals surface area contributed by atoms with Gasteiger partial charge in [0.15, 0.2) is 17.2 Å². The van der Waals surface area contributed by atoms with Crippen molar-refractivity contribution in [3.63, 3.8) is 0 Å². The molecule has 0 N–H and O–H groups in total. The maximum Gasteiger partial charge on any atom is 0.255 e. The van der Waals surface area contributed by atoms with Crippen molar-refractivity contribution in [2.75, 3.05) is 14.1 Å². The van der Waals surface area contributed by atoms with Gasteiger partial charge in [-0.25, -0.2) is 4.98 Å². The number of hydrogen-bond donors (Lipinski definition) is 0. The minimum Gasteiger partial charge on any atom is -0.485 e. The van der Waals surface area contributed by atoms with Crippen LogP contribution in [0.15, 0.2) is 66.9 Å². The van der Waals surface area contributed by atoms with Crippen molar-refractivity contribution >= 4 is 17.3 Å². The van der Waals surface area contributed by atoms with E-state index in [2.05, 4.69) is 0 Å². The van der Waals surface area contributed by atoms with Gasteiger partial charge in [-0.1, -0.05) is 60.7 Å². The molecule has 0 fully saturated rings. The van der Waals surface area contributed by atoms with Crippen LogP contribution in [0.2, 0.25) is 0 Å². The van der Waals surface area contributed by atoms with Crippen molar-refractivity contribution in [2.24, 2.45) is 0 Å². The Morgan fingerprint density at radius 1 is 0.971 bits per heavy atom. The van der Waals surface area contributed by atoms with Gasteiger partial charge in [0.2, 0.25) is 0 Å². The Kier molecular flexibility index (Phi) is 6.77. The molecule has 174 valence electrons. The predicted molar refractivity (Wildman–Crippen MR) is 133 cm³/mol. The Bertz CT molecular complexity index is 1330. The number of aryl methyl sites for hydroxylation is 2. The second-order valence-electron chi connectivity index (χ2n) is 8.59. The minimum absolute atomic E-state index is 0.0217. The molecule has 6 heteroatoms. The summed E-state index contributed by atoms with van der Waals surface area (Å²) in [5.41, 5.74) is 5.35. The molecule has 0 aliphatic carbocycles. The van der Waals surface area contributed by atoms with Crippen LogP contribution in [0.25, 0.3) is 5.65 Å². The number of aromatic nitrogens is 2. The molecular formula is C28H29N3O3. The maximum absolute atomic E-state index is 13.2. The zero-order chi connectivity index (χ0) is 24.2. The van der Waals surface area contributed by atoms with Crippen LogP contribution >= 0.6 is 0 Å². The molecule has 0 spiro atoms. The topological polar surface area (TPSA) is 63.9 Å². The van der Waals surface area contributed by atoms with Gasteiger partial charge in [-0.05, 0) is 25.8 Å². The summed E-state index contributed by atoms with van der Waals surface area (Å²) in [5, 5.41) is 0. The molecule has 0 aliphatic heterocycles. The summed E-state index contributed by atoms with van der Waals surface area (Å²) in [6.45, 7) is 4.24. The number of Topliss-reactive ketones (excluding diaryl/α,β-unsaturated/α-hetero) is 1. The van der Waals surface area contributed by atoms with E-state index in [1.165, 1.54) is 0 Å². The molecule has 0 saturated carbocycles. The summed E-state index contributed by atoms with van der Waals surface area (Å²) in [5.74, 6) is 0.432. The van der Waals surface area contributed by atoms with Gasteiger partial charge in [-0.2, -0.15) is 0 Å². The van der Waals surface area contributed by atoms with E-state index in [4.69, 9.17) is 9.72 Å². The molecule has 4 aromatic rings. The molecule has 0 radical (unpaired) electrons. The average molecular weight is 456 g/mol. The summed E-state index contributed by atoms with van der Waals surface area (Å²) in [6, 6.07) is 19.1. The summed E-state index contributed by atoms with van der Waals surface area (Å²) in [4.78, 5) is 32.4. The lowest BCUT2D eigenvalue weighted by Gasteiger charge is -2.19. The molecule has 0 unspecified atom stereocenters. The van der Waals surface area contributed by atoms with Gasteiger partial charge in [0.1, 0.15) is 6.61 Å². The predicted octanol–water partition coefficient (Wildman–Crippen LogP) is 5.05. The van der Waals surface area contributed by atoms with Gasteiger partial charge in [-0.15, -0.1) is 0 Å². The van der Waals surface area contributed by atoms with E-state index in [9.17, 15) is 9.59 Å². The van der Waals surface area contributed by atoms with E-state index in [1.807, 2.05) is 85.1 Å². The van der Waals surface area contributed by atoms with Crippen molar-refractivity contribution < 1.29 is 14.3 Å². The van der Waals surface area contributed by atoms with Crippen LogP contribution in [-0.4, -0.2) is 40.1 Å². The lowest BCUT2D eigenvalue weighted by atomic mass is 9.98. The Balaban J connectivity index is 1.80. The molecule has 4 rings (SSSR count). The number of hydrogen-bond acceptors (Lipinski definition) is 4. The van der Waals surface area contributed by atoms with E-state index in [1.54, 1.807) is 19.0 Å². The highest BCUT2D eigenvalue weighted by atomic mass is 16.5. The molecule has 6 nitrogen and oxygen atoms in total. The second-order valence-corrected chi connectivity index (χ2v) is 8.59. The smallest absolute Gasteiger partial charge is 0.255 e. The van der Waals surface area contributed by atoms with Crippen LogP contribution in [0.1, 0.15) is 49.7 Å². The van der Waals surface area contributed by atoms with Crippen LogP contribution in [0, 0.1) is 13.8 Å². The standard InChI is InChI=1S/C28H29N3O3/c1-19-20(2)31-17-24(28(33)30(3)4)23(15-16-25(32)22-13-9-6-10-14-22)26(27(31)29-19)34-18-21-11-7-5-8-12-21/h5-14,17H,15-16,18H2,1-4H3. The monoisotopic (exact) mass is 455 g/mol. The van der Waals surface area contributed by atoms with Gasteiger partial charge in [0.25, 0.3) is 5.91 Å². The molecule has 0 saturated heterocycles. The highest BCUT2D eigenvalue weighted by molar-refractivity contribution is 5.98. The summed E-state index contributed by atoms with van der Waals surface area (Å²) in [7, 11) is 3.45. The molecule has 34 heavy (non-hydrogen) atoms. The largest absolute Gasteiger partial charge is 0.485 e. The zero-order valence-corrected chi connectivity index (χ0v) is 20.0. The van der Waals surface area contributed by atoms with Crippen molar-refractivity contribution in [2.45, 2.75) is 33.3 Å². The molecule has 0 bridgehead atoms. The third kappa shape index (κ3) is 4.71. The van der Waals surface area contributed by atoms with E-state index in [0.717, 1.165) is 17.0 Å². The average Bonchev–Trinajstić information content (AvgIpc) is 3.14. The zero-order valence-electron chi connectivity index (χ0n) is 20.0. The fourth-order valence-electron chi connectivity index (χ4n) is 3.97. The normalized spacial score (nSPS) is 10.9. The fraction of sp³-hybridized carbons (Fsp3) is 0.250. The number of ether oxygens (including phenoxy) is 1. The number of carbonyl (C=O) groups is 2. The first-order valence-electron chi connectivity index (χ1n) is 11.3. The Labute approximate surface area is 199 Å².